The monoisotopic (exact) mass is 371 g/mol. The van der Waals surface area contributed by atoms with Gasteiger partial charge in [-0.15, -0.1) is 0 Å². The minimum atomic E-state index is -0.157. The number of benzene rings is 3. The molecule has 28 heavy (non-hydrogen) atoms. The van der Waals surface area contributed by atoms with Crippen LogP contribution in [0.5, 0.6) is 0 Å². The Morgan fingerprint density at radius 1 is 0.750 bits per heavy atom. The van der Waals surface area contributed by atoms with E-state index in [0.717, 1.165) is 29.5 Å². The van der Waals surface area contributed by atoms with Crippen LogP contribution < -0.4 is 0 Å². The van der Waals surface area contributed by atoms with Gasteiger partial charge < -0.3 is 4.90 Å². The summed E-state index contributed by atoms with van der Waals surface area (Å²) in [5, 5.41) is 0. The lowest BCUT2D eigenvalue weighted by Crippen LogP contribution is -2.37. The van der Waals surface area contributed by atoms with Gasteiger partial charge in [-0.2, -0.15) is 0 Å². The van der Waals surface area contributed by atoms with Gasteiger partial charge in [-0.1, -0.05) is 60.7 Å². The molecule has 0 N–H and O–H groups in total. The molecular formula is C26H26FN. The van der Waals surface area contributed by atoms with Crippen molar-refractivity contribution in [2.24, 2.45) is 0 Å². The van der Waals surface area contributed by atoms with Crippen LogP contribution in [0.3, 0.4) is 0 Å². The minimum Gasteiger partial charge on any atom is -0.300 e. The molecule has 2 heteroatoms. The highest BCUT2D eigenvalue weighted by Gasteiger charge is 2.26. The third-order valence-corrected chi connectivity index (χ3v) is 6.45. The number of rotatable bonds is 3. The van der Waals surface area contributed by atoms with E-state index < -0.39 is 0 Å². The second-order valence-electron chi connectivity index (χ2n) is 8.18. The SMILES string of the molecule is Fc1cc(-c2ccc3c(c2)CCC(N2CCCC2)C3)ccc1-c1ccccc1. The van der Waals surface area contributed by atoms with E-state index in [-0.39, 0.29) is 5.82 Å². The summed E-state index contributed by atoms with van der Waals surface area (Å²) in [6.07, 6.45) is 6.25. The highest BCUT2D eigenvalue weighted by molar-refractivity contribution is 5.71. The second-order valence-corrected chi connectivity index (χ2v) is 8.18. The van der Waals surface area contributed by atoms with Gasteiger partial charge in [-0.3, -0.25) is 0 Å². The van der Waals surface area contributed by atoms with E-state index >= 15 is 0 Å². The van der Waals surface area contributed by atoms with Crippen molar-refractivity contribution < 1.29 is 4.39 Å². The molecule has 0 saturated carbocycles. The average Bonchev–Trinajstić information content (AvgIpc) is 3.28. The van der Waals surface area contributed by atoms with E-state index in [1.807, 2.05) is 42.5 Å². The number of fused-ring (bicyclic) bond motifs is 1. The first kappa shape index (κ1) is 17.6. The van der Waals surface area contributed by atoms with Gasteiger partial charge in [0.15, 0.2) is 0 Å². The molecule has 5 rings (SSSR count). The molecule has 3 aromatic carbocycles. The van der Waals surface area contributed by atoms with Crippen LogP contribution >= 0.6 is 0 Å². The number of aryl methyl sites for hydroxylation is 1. The Morgan fingerprint density at radius 3 is 2.29 bits per heavy atom. The minimum absolute atomic E-state index is 0.157. The Kier molecular flexibility index (Phi) is 4.74. The molecule has 0 aromatic heterocycles. The number of nitrogens with zero attached hydrogens (tertiary/aromatic N) is 1. The molecule has 1 atom stereocenters. The summed E-state index contributed by atoms with van der Waals surface area (Å²) < 4.78 is 14.8. The van der Waals surface area contributed by atoms with Crippen LogP contribution in [0.4, 0.5) is 4.39 Å². The van der Waals surface area contributed by atoms with Crippen LogP contribution in [0, 0.1) is 5.82 Å². The Labute approximate surface area is 166 Å². The highest BCUT2D eigenvalue weighted by atomic mass is 19.1. The van der Waals surface area contributed by atoms with Gasteiger partial charge in [0.05, 0.1) is 0 Å². The lowest BCUT2D eigenvalue weighted by molar-refractivity contribution is 0.222. The zero-order valence-electron chi connectivity index (χ0n) is 16.2. The summed E-state index contributed by atoms with van der Waals surface area (Å²) in [6.45, 7) is 2.54. The predicted octanol–water partition coefficient (Wildman–Crippen LogP) is 6.11. The molecule has 1 saturated heterocycles. The van der Waals surface area contributed by atoms with Gasteiger partial charge in [-0.05, 0) is 79.1 Å². The zero-order chi connectivity index (χ0) is 18.9. The Bertz CT molecular complexity index is 973. The van der Waals surface area contributed by atoms with Gasteiger partial charge in [0.1, 0.15) is 5.82 Å². The Morgan fingerprint density at radius 2 is 1.50 bits per heavy atom. The molecule has 2 aliphatic rings. The summed E-state index contributed by atoms with van der Waals surface area (Å²) in [5.74, 6) is -0.157. The van der Waals surface area contributed by atoms with Crippen LogP contribution in [-0.2, 0) is 12.8 Å². The number of likely N-dealkylation sites (tertiary alicyclic amines) is 1. The van der Waals surface area contributed by atoms with Crippen molar-refractivity contribution in [1.82, 2.24) is 4.90 Å². The maximum Gasteiger partial charge on any atom is 0.131 e. The summed E-state index contributed by atoms with van der Waals surface area (Å²) in [7, 11) is 0. The first-order valence-electron chi connectivity index (χ1n) is 10.5. The van der Waals surface area contributed by atoms with Crippen molar-refractivity contribution in [2.75, 3.05) is 13.1 Å². The molecule has 1 aliphatic heterocycles. The number of halogens is 1. The van der Waals surface area contributed by atoms with Gasteiger partial charge >= 0.3 is 0 Å². The Hall–Kier alpha value is -2.45. The van der Waals surface area contributed by atoms with Crippen LogP contribution in [0.2, 0.25) is 0 Å². The molecule has 0 radical (unpaired) electrons. The first-order valence-corrected chi connectivity index (χ1v) is 10.5. The molecular weight excluding hydrogens is 345 g/mol. The molecule has 1 unspecified atom stereocenters. The molecule has 142 valence electrons. The van der Waals surface area contributed by atoms with Crippen molar-refractivity contribution >= 4 is 0 Å². The molecule has 1 fully saturated rings. The van der Waals surface area contributed by atoms with Crippen LogP contribution in [-0.4, -0.2) is 24.0 Å². The molecule has 1 aliphatic carbocycles. The fraction of sp³-hybridized carbons (Fsp3) is 0.308. The van der Waals surface area contributed by atoms with Crippen LogP contribution in [0.15, 0.2) is 66.7 Å². The third-order valence-electron chi connectivity index (χ3n) is 6.45. The zero-order valence-corrected chi connectivity index (χ0v) is 16.2. The fourth-order valence-corrected chi connectivity index (χ4v) is 4.88. The van der Waals surface area contributed by atoms with Gasteiger partial charge in [0.2, 0.25) is 0 Å². The summed E-state index contributed by atoms with van der Waals surface area (Å²) in [5.41, 5.74) is 6.59. The number of hydrogen-bond donors (Lipinski definition) is 0. The van der Waals surface area contributed by atoms with Crippen molar-refractivity contribution in [3.8, 4) is 22.3 Å². The smallest absolute Gasteiger partial charge is 0.131 e. The van der Waals surface area contributed by atoms with Gasteiger partial charge in [0.25, 0.3) is 0 Å². The van der Waals surface area contributed by atoms with Gasteiger partial charge in [-0.25, -0.2) is 4.39 Å². The van der Waals surface area contributed by atoms with Crippen molar-refractivity contribution in [1.29, 1.82) is 0 Å². The topological polar surface area (TPSA) is 3.24 Å². The third kappa shape index (κ3) is 3.38. The highest BCUT2D eigenvalue weighted by Crippen LogP contribution is 2.32. The summed E-state index contributed by atoms with van der Waals surface area (Å²) in [4.78, 5) is 2.68. The average molecular weight is 371 g/mol. The molecule has 1 heterocycles. The lowest BCUT2D eigenvalue weighted by Gasteiger charge is -2.32. The standard InChI is InChI=1S/C26H26FN/c27-26-18-23(11-13-25(26)19-6-2-1-3-7-19)20-8-9-22-17-24(12-10-21(22)16-20)28-14-4-5-15-28/h1-3,6-9,11,13,16,18,24H,4-5,10,12,14-15,17H2. The van der Waals surface area contributed by atoms with Crippen LogP contribution in [0.1, 0.15) is 30.4 Å². The van der Waals surface area contributed by atoms with E-state index in [4.69, 9.17) is 0 Å². The summed E-state index contributed by atoms with van der Waals surface area (Å²) >= 11 is 0. The lowest BCUT2D eigenvalue weighted by atomic mass is 9.85. The molecule has 0 spiro atoms. The predicted molar refractivity (Wildman–Crippen MR) is 114 cm³/mol. The maximum atomic E-state index is 14.8. The second kappa shape index (κ2) is 7.52. The molecule has 3 aromatic rings. The number of hydrogen-bond acceptors (Lipinski definition) is 1. The normalized spacial score (nSPS) is 19.5. The maximum absolute atomic E-state index is 14.8. The van der Waals surface area contributed by atoms with E-state index in [9.17, 15) is 4.39 Å². The van der Waals surface area contributed by atoms with Gasteiger partial charge in [0, 0.05) is 11.6 Å². The van der Waals surface area contributed by atoms with E-state index in [2.05, 4.69) is 23.1 Å². The van der Waals surface area contributed by atoms with Crippen molar-refractivity contribution in [3.63, 3.8) is 0 Å². The van der Waals surface area contributed by atoms with Crippen molar-refractivity contribution in [3.05, 3.63) is 83.7 Å². The van der Waals surface area contributed by atoms with E-state index in [1.54, 1.807) is 6.07 Å². The fourth-order valence-electron chi connectivity index (χ4n) is 4.88. The largest absolute Gasteiger partial charge is 0.300 e. The first-order chi connectivity index (χ1) is 13.8. The van der Waals surface area contributed by atoms with E-state index in [0.29, 0.717) is 11.6 Å². The molecule has 0 amide bonds. The molecule has 1 nitrogen and oxygen atoms in total. The van der Waals surface area contributed by atoms with Crippen molar-refractivity contribution in [2.45, 2.75) is 38.1 Å². The Balaban J connectivity index is 1.40. The van der Waals surface area contributed by atoms with E-state index in [1.165, 1.54) is 43.5 Å². The quantitative estimate of drug-likeness (QED) is 0.537. The molecule has 0 bridgehead atoms. The summed E-state index contributed by atoms with van der Waals surface area (Å²) in [6, 6.07) is 22.8. The van der Waals surface area contributed by atoms with Crippen LogP contribution in [0.25, 0.3) is 22.3 Å².